The highest BCUT2D eigenvalue weighted by Crippen LogP contribution is 2.32. The number of rotatable bonds is 6. The number of benzene rings is 2. The molecule has 1 aliphatic heterocycles. The fourth-order valence-electron chi connectivity index (χ4n) is 2.43. The van der Waals surface area contributed by atoms with Crippen LogP contribution in [-0.4, -0.2) is 25.4 Å². The maximum atomic E-state index is 12.3. The van der Waals surface area contributed by atoms with Gasteiger partial charge >= 0.3 is 0 Å². The van der Waals surface area contributed by atoms with E-state index in [4.69, 9.17) is 14.2 Å². The standard InChI is InChI=1S/C19H19NO4/c1-13(9-17(21)15-4-6-16(22-2)7-5-15)20-11-14-3-8-18-19(10-14)24-12-23-18/h3-8,10H,9,11-12H2,1-2H3. The molecule has 0 radical (unpaired) electrons. The predicted molar refractivity (Wildman–Crippen MR) is 91.3 cm³/mol. The first-order chi connectivity index (χ1) is 11.7. The highest BCUT2D eigenvalue weighted by molar-refractivity contribution is 6.09. The molecule has 1 aliphatic rings. The summed E-state index contributed by atoms with van der Waals surface area (Å²) in [6.07, 6.45) is 0.302. The fourth-order valence-corrected chi connectivity index (χ4v) is 2.43. The maximum Gasteiger partial charge on any atom is 0.231 e. The van der Waals surface area contributed by atoms with Crippen LogP contribution in [-0.2, 0) is 6.54 Å². The third-order valence-corrected chi connectivity index (χ3v) is 3.80. The van der Waals surface area contributed by atoms with Crippen LogP contribution in [0.5, 0.6) is 17.2 Å². The van der Waals surface area contributed by atoms with Gasteiger partial charge in [-0.15, -0.1) is 0 Å². The molecule has 0 spiro atoms. The van der Waals surface area contributed by atoms with Gasteiger partial charge in [0.05, 0.1) is 13.7 Å². The minimum atomic E-state index is 0.0459. The van der Waals surface area contributed by atoms with Gasteiger partial charge in [0.25, 0.3) is 0 Å². The lowest BCUT2D eigenvalue weighted by Gasteiger charge is -2.04. The molecule has 0 saturated heterocycles. The minimum absolute atomic E-state index is 0.0459. The van der Waals surface area contributed by atoms with Crippen molar-refractivity contribution >= 4 is 11.5 Å². The molecule has 0 aromatic heterocycles. The van der Waals surface area contributed by atoms with Gasteiger partial charge < -0.3 is 14.2 Å². The summed E-state index contributed by atoms with van der Waals surface area (Å²) in [6, 6.07) is 12.9. The van der Waals surface area contributed by atoms with Gasteiger partial charge in [-0.25, -0.2) is 0 Å². The van der Waals surface area contributed by atoms with Crippen molar-refractivity contribution in [2.75, 3.05) is 13.9 Å². The zero-order valence-corrected chi connectivity index (χ0v) is 13.7. The summed E-state index contributed by atoms with van der Waals surface area (Å²) >= 11 is 0. The van der Waals surface area contributed by atoms with Crippen LogP contribution < -0.4 is 14.2 Å². The first-order valence-corrected chi connectivity index (χ1v) is 7.71. The van der Waals surface area contributed by atoms with E-state index in [0.717, 1.165) is 28.5 Å². The Balaban J connectivity index is 1.60. The summed E-state index contributed by atoms with van der Waals surface area (Å²) in [5, 5.41) is 0. The number of hydrogen-bond donors (Lipinski definition) is 0. The van der Waals surface area contributed by atoms with E-state index in [1.807, 2.05) is 25.1 Å². The summed E-state index contributed by atoms with van der Waals surface area (Å²) < 4.78 is 15.7. The molecule has 2 aromatic rings. The van der Waals surface area contributed by atoms with Crippen LogP contribution in [0.3, 0.4) is 0 Å². The van der Waals surface area contributed by atoms with Gasteiger partial charge in [-0.05, 0) is 48.9 Å². The van der Waals surface area contributed by atoms with Crippen LogP contribution in [0.2, 0.25) is 0 Å². The molecule has 0 aliphatic carbocycles. The van der Waals surface area contributed by atoms with Gasteiger partial charge in [-0.3, -0.25) is 9.79 Å². The number of ether oxygens (including phenoxy) is 3. The van der Waals surface area contributed by atoms with Crippen LogP contribution in [0.15, 0.2) is 47.5 Å². The molecule has 5 nitrogen and oxygen atoms in total. The van der Waals surface area contributed by atoms with Crippen LogP contribution in [0.1, 0.15) is 29.3 Å². The summed E-state index contributed by atoms with van der Waals surface area (Å²) in [5.74, 6) is 2.29. The van der Waals surface area contributed by atoms with Gasteiger partial charge in [0.2, 0.25) is 6.79 Å². The van der Waals surface area contributed by atoms with Crippen molar-refractivity contribution in [1.29, 1.82) is 0 Å². The molecule has 0 N–H and O–H groups in total. The van der Waals surface area contributed by atoms with E-state index in [9.17, 15) is 4.79 Å². The maximum absolute atomic E-state index is 12.3. The molecule has 0 bridgehead atoms. The average Bonchev–Trinajstić information content (AvgIpc) is 3.07. The van der Waals surface area contributed by atoms with Crippen molar-refractivity contribution < 1.29 is 19.0 Å². The lowest BCUT2D eigenvalue weighted by molar-refractivity contribution is 0.100. The molecular weight excluding hydrogens is 306 g/mol. The van der Waals surface area contributed by atoms with E-state index < -0.39 is 0 Å². The highest BCUT2D eigenvalue weighted by Gasteiger charge is 2.13. The smallest absolute Gasteiger partial charge is 0.231 e. The highest BCUT2D eigenvalue weighted by atomic mass is 16.7. The average molecular weight is 325 g/mol. The quantitative estimate of drug-likeness (QED) is 0.601. The molecule has 2 aromatic carbocycles. The van der Waals surface area contributed by atoms with Crippen molar-refractivity contribution in [3.63, 3.8) is 0 Å². The number of methoxy groups -OCH3 is 1. The van der Waals surface area contributed by atoms with Crippen LogP contribution in [0.4, 0.5) is 0 Å². The fraction of sp³-hybridized carbons (Fsp3) is 0.263. The van der Waals surface area contributed by atoms with Crippen LogP contribution in [0.25, 0.3) is 0 Å². The second kappa shape index (κ2) is 7.17. The Morgan fingerprint density at radius 3 is 2.62 bits per heavy atom. The van der Waals surface area contributed by atoms with E-state index in [1.165, 1.54) is 0 Å². The van der Waals surface area contributed by atoms with Crippen molar-refractivity contribution in [3.8, 4) is 17.2 Å². The van der Waals surface area contributed by atoms with Crippen molar-refractivity contribution in [1.82, 2.24) is 0 Å². The number of ketones is 1. The normalized spacial score (nSPS) is 13.0. The number of Topliss-reactive ketones (excluding diaryl/α,β-unsaturated/α-hetero) is 1. The summed E-state index contributed by atoms with van der Waals surface area (Å²) in [7, 11) is 1.60. The first-order valence-electron chi connectivity index (χ1n) is 7.71. The van der Waals surface area contributed by atoms with Crippen LogP contribution in [0, 0.1) is 0 Å². The molecule has 124 valence electrons. The Morgan fingerprint density at radius 2 is 1.88 bits per heavy atom. The monoisotopic (exact) mass is 325 g/mol. The lowest BCUT2D eigenvalue weighted by Crippen LogP contribution is -2.05. The van der Waals surface area contributed by atoms with Crippen molar-refractivity contribution in [2.45, 2.75) is 19.9 Å². The Kier molecular flexibility index (Phi) is 4.79. The molecular formula is C19H19NO4. The second-order valence-corrected chi connectivity index (χ2v) is 5.57. The van der Waals surface area contributed by atoms with E-state index in [-0.39, 0.29) is 12.6 Å². The zero-order chi connectivity index (χ0) is 16.9. The van der Waals surface area contributed by atoms with E-state index in [2.05, 4.69) is 4.99 Å². The van der Waals surface area contributed by atoms with Crippen LogP contribution >= 0.6 is 0 Å². The Labute approximate surface area is 140 Å². The van der Waals surface area contributed by atoms with Gasteiger partial charge in [-0.1, -0.05) is 6.07 Å². The molecule has 0 amide bonds. The molecule has 0 fully saturated rings. The SMILES string of the molecule is COc1ccc(C(=O)CC(C)=NCc2ccc3c(c2)OCO3)cc1. The number of carbonyl (C=O) groups excluding carboxylic acids is 1. The minimum Gasteiger partial charge on any atom is -0.497 e. The van der Waals surface area contributed by atoms with Crippen molar-refractivity contribution in [3.05, 3.63) is 53.6 Å². The third-order valence-electron chi connectivity index (χ3n) is 3.80. The molecule has 0 atom stereocenters. The summed E-state index contributed by atoms with van der Waals surface area (Å²) in [5.41, 5.74) is 2.48. The van der Waals surface area contributed by atoms with Gasteiger partial charge in [-0.2, -0.15) is 0 Å². The molecule has 3 rings (SSSR count). The molecule has 0 unspecified atom stereocenters. The van der Waals surface area contributed by atoms with E-state index in [1.54, 1.807) is 31.4 Å². The Bertz CT molecular complexity index is 765. The molecule has 5 heteroatoms. The second-order valence-electron chi connectivity index (χ2n) is 5.57. The first kappa shape index (κ1) is 16.1. The largest absolute Gasteiger partial charge is 0.497 e. The Hall–Kier alpha value is -2.82. The molecule has 24 heavy (non-hydrogen) atoms. The van der Waals surface area contributed by atoms with Gasteiger partial charge in [0.15, 0.2) is 17.3 Å². The lowest BCUT2D eigenvalue weighted by atomic mass is 10.1. The number of fused-ring (bicyclic) bond motifs is 1. The summed E-state index contributed by atoms with van der Waals surface area (Å²) in [4.78, 5) is 16.8. The summed E-state index contributed by atoms with van der Waals surface area (Å²) in [6.45, 7) is 2.64. The number of carbonyl (C=O) groups is 1. The third kappa shape index (κ3) is 3.74. The topological polar surface area (TPSA) is 57.1 Å². The van der Waals surface area contributed by atoms with Gasteiger partial charge in [0, 0.05) is 17.7 Å². The zero-order valence-electron chi connectivity index (χ0n) is 13.7. The predicted octanol–water partition coefficient (Wildman–Crippen LogP) is 3.66. The molecule has 0 saturated carbocycles. The van der Waals surface area contributed by atoms with Crippen molar-refractivity contribution in [2.24, 2.45) is 4.99 Å². The number of aliphatic imine (C=N–C) groups is 1. The number of nitrogens with zero attached hydrogens (tertiary/aromatic N) is 1. The van der Waals surface area contributed by atoms with Gasteiger partial charge in [0.1, 0.15) is 5.75 Å². The number of hydrogen-bond acceptors (Lipinski definition) is 5. The Morgan fingerprint density at radius 1 is 1.12 bits per heavy atom. The van der Waals surface area contributed by atoms with E-state index in [0.29, 0.717) is 18.5 Å². The molecule has 1 heterocycles. The van der Waals surface area contributed by atoms with E-state index >= 15 is 0 Å².